The van der Waals surface area contributed by atoms with Gasteiger partial charge in [0.2, 0.25) is 11.1 Å². The van der Waals surface area contributed by atoms with Crippen molar-refractivity contribution in [1.82, 2.24) is 9.78 Å². The summed E-state index contributed by atoms with van der Waals surface area (Å²) in [5, 5.41) is 22.7. The summed E-state index contributed by atoms with van der Waals surface area (Å²) >= 11 is 0. The van der Waals surface area contributed by atoms with Crippen LogP contribution in [0.2, 0.25) is 0 Å². The van der Waals surface area contributed by atoms with Gasteiger partial charge in [-0.25, -0.2) is 14.3 Å². The van der Waals surface area contributed by atoms with Crippen LogP contribution in [0.25, 0.3) is 5.69 Å². The lowest BCUT2D eigenvalue weighted by Crippen LogP contribution is -2.31. The van der Waals surface area contributed by atoms with Gasteiger partial charge in [-0.05, 0) is 17.7 Å². The van der Waals surface area contributed by atoms with Crippen LogP contribution in [0.4, 0.5) is 0 Å². The highest BCUT2D eigenvalue weighted by Gasteiger charge is 2.26. The zero-order chi connectivity index (χ0) is 18.7. The van der Waals surface area contributed by atoms with Crippen LogP contribution in [0.5, 0.6) is 0 Å². The Morgan fingerprint density at radius 3 is 2.00 bits per heavy atom. The van der Waals surface area contributed by atoms with Gasteiger partial charge in [-0.2, -0.15) is 5.10 Å². The third-order valence-corrected chi connectivity index (χ3v) is 3.82. The van der Waals surface area contributed by atoms with Crippen molar-refractivity contribution in [2.75, 3.05) is 0 Å². The van der Waals surface area contributed by atoms with Crippen molar-refractivity contribution in [1.29, 1.82) is 0 Å². The first kappa shape index (κ1) is 17.1. The molecule has 0 bridgehead atoms. The molecule has 2 aromatic carbocycles. The maximum atomic E-state index is 12.4. The fourth-order valence-electron chi connectivity index (χ4n) is 2.66. The number of aromatic carboxylic acids is 2. The van der Waals surface area contributed by atoms with Crippen molar-refractivity contribution < 1.29 is 19.8 Å². The van der Waals surface area contributed by atoms with Gasteiger partial charge >= 0.3 is 11.9 Å². The summed E-state index contributed by atoms with van der Waals surface area (Å²) in [5.41, 5.74) is -1.19. The predicted molar refractivity (Wildman–Crippen MR) is 93.0 cm³/mol. The zero-order valence-corrected chi connectivity index (χ0v) is 13.5. The van der Waals surface area contributed by atoms with E-state index in [9.17, 15) is 24.6 Å². The van der Waals surface area contributed by atoms with Gasteiger partial charge in [0.1, 0.15) is 5.56 Å². The van der Waals surface area contributed by atoms with E-state index in [2.05, 4.69) is 5.10 Å². The van der Waals surface area contributed by atoms with E-state index in [0.29, 0.717) is 5.69 Å². The molecule has 1 aromatic heterocycles. The van der Waals surface area contributed by atoms with Gasteiger partial charge in [-0.15, -0.1) is 0 Å². The number of carbonyl (C=O) groups is 2. The number of aromatic nitrogens is 2. The highest BCUT2D eigenvalue weighted by molar-refractivity contribution is 5.93. The van der Waals surface area contributed by atoms with E-state index in [4.69, 9.17) is 0 Å². The minimum atomic E-state index is -1.58. The van der Waals surface area contributed by atoms with Gasteiger partial charge in [-0.1, -0.05) is 48.5 Å². The molecule has 0 fully saturated rings. The van der Waals surface area contributed by atoms with E-state index in [1.807, 2.05) is 6.07 Å². The molecule has 0 aliphatic rings. The second kappa shape index (κ2) is 7.02. The molecule has 3 rings (SSSR count). The fourth-order valence-corrected chi connectivity index (χ4v) is 2.66. The van der Waals surface area contributed by atoms with Crippen LogP contribution in [0.1, 0.15) is 32.1 Å². The molecule has 0 aliphatic carbocycles. The fraction of sp³-hybridized carbons (Fsp3) is 0.0526. The Labute approximate surface area is 147 Å². The third-order valence-electron chi connectivity index (χ3n) is 3.82. The molecule has 130 valence electrons. The first-order valence-electron chi connectivity index (χ1n) is 7.71. The number of hydrogen-bond donors (Lipinski definition) is 2. The SMILES string of the molecule is O=C(O)c1nn(-c2ccccc2)c(Cc2ccccc2)c(C(=O)O)c1=O. The van der Waals surface area contributed by atoms with Crippen molar-refractivity contribution in [3.63, 3.8) is 0 Å². The van der Waals surface area contributed by atoms with Crippen LogP contribution in [0.3, 0.4) is 0 Å². The normalized spacial score (nSPS) is 10.5. The number of hydrogen-bond acceptors (Lipinski definition) is 4. The molecule has 26 heavy (non-hydrogen) atoms. The van der Waals surface area contributed by atoms with E-state index < -0.39 is 28.6 Å². The Kier molecular flexibility index (Phi) is 4.62. The molecule has 0 amide bonds. The molecule has 7 nitrogen and oxygen atoms in total. The summed E-state index contributed by atoms with van der Waals surface area (Å²) in [5.74, 6) is -3.07. The highest BCUT2D eigenvalue weighted by atomic mass is 16.4. The molecule has 0 spiro atoms. The summed E-state index contributed by atoms with van der Waals surface area (Å²) in [6, 6.07) is 17.5. The minimum Gasteiger partial charge on any atom is -0.477 e. The largest absolute Gasteiger partial charge is 0.477 e. The van der Waals surface area contributed by atoms with Gasteiger partial charge in [0.05, 0.1) is 11.4 Å². The van der Waals surface area contributed by atoms with Crippen molar-refractivity contribution in [3.05, 3.63) is 93.4 Å². The number of nitrogens with zero attached hydrogens (tertiary/aromatic N) is 2. The van der Waals surface area contributed by atoms with Crippen molar-refractivity contribution >= 4 is 11.9 Å². The summed E-state index contributed by atoms with van der Waals surface area (Å²) in [7, 11) is 0. The summed E-state index contributed by atoms with van der Waals surface area (Å²) in [6.07, 6.45) is 0.111. The van der Waals surface area contributed by atoms with E-state index in [1.54, 1.807) is 54.6 Å². The molecule has 1 heterocycles. The number of para-hydroxylation sites is 1. The van der Waals surface area contributed by atoms with Crippen LogP contribution in [-0.2, 0) is 6.42 Å². The topological polar surface area (TPSA) is 109 Å². The number of benzene rings is 2. The van der Waals surface area contributed by atoms with Gasteiger partial charge in [0, 0.05) is 6.42 Å². The molecule has 0 radical (unpaired) electrons. The van der Waals surface area contributed by atoms with E-state index in [1.165, 1.54) is 4.68 Å². The zero-order valence-electron chi connectivity index (χ0n) is 13.5. The van der Waals surface area contributed by atoms with Gasteiger partial charge in [0.25, 0.3) is 0 Å². The van der Waals surface area contributed by atoms with Crippen LogP contribution in [0, 0.1) is 0 Å². The van der Waals surface area contributed by atoms with Gasteiger partial charge < -0.3 is 10.2 Å². The Morgan fingerprint density at radius 1 is 0.885 bits per heavy atom. The van der Waals surface area contributed by atoms with Crippen molar-refractivity contribution in [2.24, 2.45) is 0 Å². The Hall–Kier alpha value is -3.74. The molecule has 2 N–H and O–H groups in total. The molecule has 3 aromatic rings. The lowest BCUT2D eigenvalue weighted by atomic mass is 10.0. The Morgan fingerprint density at radius 2 is 1.46 bits per heavy atom. The molecular formula is C19H14N2O5. The molecule has 0 saturated carbocycles. The van der Waals surface area contributed by atoms with E-state index in [-0.39, 0.29) is 12.1 Å². The van der Waals surface area contributed by atoms with Crippen molar-refractivity contribution in [3.8, 4) is 5.69 Å². The summed E-state index contributed by atoms with van der Waals surface area (Å²) in [6.45, 7) is 0. The second-order valence-corrected chi connectivity index (χ2v) is 5.52. The Balaban J connectivity index is 2.34. The quantitative estimate of drug-likeness (QED) is 0.730. The van der Waals surface area contributed by atoms with Crippen LogP contribution in [0.15, 0.2) is 65.5 Å². The van der Waals surface area contributed by atoms with Gasteiger partial charge in [0.15, 0.2) is 0 Å². The van der Waals surface area contributed by atoms with Gasteiger partial charge in [-0.3, -0.25) is 4.79 Å². The minimum absolute atomic E-state index is 0.111. The predicted octanol–water partition coefficient (Wildman–Crippen LogP) is 2.22. The van der Waals surface area contributed by atoms with Crippen LogP contribution in [-0.4, -0.2) is 31.9 Å². The first-order valence-corrected chi connectivity index (χ1v) is 7.71. The molecule has 0 saturated heterocycles. The van der Waals surface area contributed by atoms with E-state index >= 15 is 0 Å². The second-order valence-electron chi connectivity index (χ2n) is 5.52. The monoisotopic (exact) mass is 350 g/mol. The van der Waals surface area contributed by atoms with E-state index in [0.717, 1.165) is 5.56 Å². The summed E-state index contributed by atoms with van der Waals surface area (Å²) in [4.78, 5) is 35.5. The molecular weight excluding hydrogens is 336 g/mol. The lowest BCUT2D eigenvalue weighted by Gasteiger charge is -2.16. The van der Waals surface area contributed by atoms with Crippen molar-refractivity contribution in [2.45, 2.75) is 6.42 Å². The number of rotatable bonds is 5. The average Bonchev–Trinajstić information content (AvgIpc) is 2.63. The summed E-state index contributed by atoms with van der Waals surface area (Å²) < 4.78 is 1.21. The molecule has 0 aliphatic heterocycles. The Bertz CT molecular complexity index is 1030. The van der Waals surface area contributed by atoms with Crippen LogP contribution < -0.4 is 5.43 Å². The smallest absolute Gasteiger partial charge is 0.360 e. The lowest BCUT2D eigenvalue weighted by molar-refractivity contribution is 0.0685. The number of carboxylic acid groups (broad SMARTS) is 2. The molecule has 7 heteroatoms. The highest BCUT2D eigenvalue weighted by Crippen LogP contribution is 2.17. The standard InChI is InChI=1S/C19H14N2O5/c22-17-15(18(23)24)14(11-12-7-3-1-4-8-12)21(20-16(17)19(25)26)13-9-5-2-6-10-13/h1-10H,11H2,(H,23,24)(H,25,26). The van der Waals surface area contributed by atoms with Crippen LogP contribution >= 0.6 is 0 Å². The maximum absolute atomic E-state index is 12.4. The molecule has 0 atom stereocenters. The number of carboxylic acids is 2. The first-order chi connectivity index (χ1) is 12.5. The third kappa shape index (κ3) is 3.23. The average molecular weight is 350 g/mol. The maximum Gasteiger partial charge on any atom is 0.360 e. The molecule has 0 unspecified atom stereocenters.